The lowest BCUT2D eigenvalue weighted by Gasteiger charge is -2.21. The lowest BCUT2D eigenvalue weighted by Crippen LogP contribution is -2.32. The van der Waals surface area contributed by atoms with Crippen LogP contribution in [0.3, 0.4) is 0 Å². The van der Waals surface area contributed by atoms with Gasteiger partial charge in [0.2, 0.25) is 0 Å². The van der Waals surface area contributed by atoms with Gasteiger partial charge in [0.1, 0.15) is 0 Å². The molecule has 0 rings (SSSR count). The summed E-state index contributed by atoms with van der Waals surface area (Å²) < 4.78 is 0. The fourth-order valence-corrected chi connectivity index (χ4v) is 0.631. The largest absolute Gasteiger partial charge is 0.387 e. The molecule has 0 aromatic carbocycles. The van der Waals surface area contributed by atoms with Crippen LogP contribution in [0.25, 0.3) is 0 Å². The first-order valence-electron chi connectivity index (χ1n) is 4.72. The SMILES string of the molecule is CC(CN=C(N)C(C)(C)C)N(C)C. The van der Waals surface area contributed by atoms with Crippen molar-refractivity contribution in [1.29, 1.82) is 0 Å². The predicted octanol–water partition coefficient (Wildman–Crippen LogP) is 1.34. The molecule has 0 aliphatic rings. The van der Waals surface area contributed by atoms with Gasteiger partial charge in [-0.15, -0.1) is 0 Å². The van der Waals surface area contributed by atoms with Crippen LogP contribution in [0.5, 0.6) is 0 Å². The zero-order chi connectivity index (χ0) is 10.6. The standard InChI is InChI=1S/C10H23N3/c1-8(13(5)6)7-12-9(11)10(2,3)4/h8H,7H2,1-6H3,(H2,11,12). The summed E-state index contributed by atoms with van der Waals surface area (Å²) in [5, 5.41) is 0. The van der Waals surface area contributed by atoms with Gasteiger partial charge >= 0.3 is 0 Å². The van der Waals surface area contributed by atoms with Gasteiger partial charge < -0.3 is 10.6 Å². The molecule has 0 heterocycles. The third-order valence-corrected chi connectivity index (χ3v) is 2.18. The lowest BCUT2D eigenvalue weighted by molar-refractivity contribution is 0.320. The first kappa shape index (κ1) is 12.4. The quantitative estimate of drug-likeness (QED) is 0.532. The van der Waals surface area contributed by atoms with Crippen LogP contribution in [0.1, 0.15) is 27.7 Å². The number of aliphatic imine (C=N–C) groups is 1. The van der Waals surface area contributed by atoms with E-state index in [0.29, 0.717) is 6.04 Å². The second-order valence-electron chi connectivity index (χ2n) is 4.79. The van der Waals surface area contributed by atoms with Gasteiger partial charge in [-0.1, -0.05) is 20.8 Å². The highest BCUT2D eigenvalue weighted by Crippen LogP contribution is 2.12. The van der Waals surface area contributed by atoms with Gasteiger partial charge in [-0.2, -0.15) is 0 Å². The molecule has 0 radical (unpaired) electrons. The van der Waals surface area contributed by atoms with Gasteiger partial charge in [-0.05, 0) is 21.0 Å². The normalized spacial score (nSPS) is 16.4. The maximum atomic E-state index is 5.83. The Morgan fingerprint density at radius 3 is 2.15 bits per heavy atom. The Bertz CT molecular complexity index is 177. The molecule has 2 N–H and O–H groups in total. The first-order chi connectivity index (χ1) is 5.75. The molecule has 3 nitrogen and oxygen atoms in total. The minimum atomic E-state index is -0.00790. The Labute approximate surface area is 82.0 Å². The Morgan fingerprint density at radius 2 is 1.85 bits per heavy atom. The van der Waals surface area contributed by atoms with Gasteiger partial charge in [-0.3, -0.25) is 4.99 Å². The molecule has 0 spiro atoms. The number of amidine groups is 1. The van der Waals surface area contributed by atoms with Crippen LogP contribution < -0.4 is 5.73 Å². The predicted molar refractivity (Wildman–Crippen MR) is 59.1 cm³/mol. The highest BCUT2D eigenvalue weighted by molar-refractivity contribution is 5.85. The van der Waals surface area contributed by atoms with E-state index in [4.69, 9.17) is 5.73 Å². The molecule has 0 bridgehead atoms. The van der Waals surface area contributed by atoms with Gasteiger partial charge in [0, 0.05) is 11.5 Å². The van der Waals surface area contributed by atoms with E-state index in [1.165, 1.54) is 0 Å². The molecular formula is C10H23N3. The molecule has 0 saturated heterocycles. The van der Waals surface area contributed by atoms with Crippen molar-refractivity contribution in [1.82, 2.24) is 4.90 Å². The summed E-state index contributed by atoms with van der Waals surface area (Å²) in [6.07, 6.45) is 0. The van der Waals surface area contributed by atoms with E-state index in [-0.39, 0.29) is 5.41 Å². The Kier molecular flexibility index (Phi) is 4.40. The summed E-state index contributed by atoms with van der Waals surface area (Å²) in [4.78, 5) is 6.51. The van der Waals surface area contributed by atoms with Crippen LogP contribution >= 0.6 is 0 Å². The molecule has 0 aromatic rings. The Hall–Kier alpha value is -0.570. The van der Waals surface area contributed by atoms with Crippen molar-refractivity contribution < 1.29 is 0 Å². The minimum Gasteiger partial charge on any atom is -0.387 e. The van der Waals surface area contributed by atoms with Crippen LogP contribution in [0.4, 0.5) is 0 Å². The van der Waals surface area contributed by atoms with E-state index < -0.39 is 0 Å². The summed E-state index contributed by atoms with van der Waals surface area (Å²) in [5.74, 6) is 0.737. The summed E-state index contributed by atoms with van der Waals surface area (Å²) in [6, 6.07) is 0.445. The smallest absolute Gasteiger partial charge is 0.0992 e. The molecule has 1 unspecified atom stereocenters. The topological polar surface area (TPSA) is 41.6 Å². The zero-order valence-corrected chi connectivity index (χ0v) is 9.76. The molecule has 0 aromatic heterocycles. The van der Waals surface area contributed by atoms with Crippen molar-refractivity contribution in [2.24, 2.45) is 16.1 Å². The maximum absolute atomic E-state index is 5.83. The van der Waals surface area contributed by atoms with Crippen molar-refractivity contribution in [2.45, 2.75) is 33.7 Å². The summed E-state index contributed by atoms with van der Waals surface area (Å²) in [6.45, 7) is 9.14. The average Bonchev–Trinajstić information content (AvgIpc) is 1.97. The second kappa shape index (κ2) is 4.61. The first-order valence-corrected chi connectivity index (χ1v) is 4.72. The summed E-state index contributed by atoms with van der Waals surface area (Å²) in [5.41, 5.74) is 5.82. The third kappa shape index (κ3) is 4.88. The molecule has 3 heteroatoms. The van der Waals surface area contributed by atoms with Gasteiger partial charge in [0.05, 0.1) is 12.4 Å². The molecule has 0 aliphatic heterocycles. The number of nitrogens with two attached hydrogens (primary N) is 1. The molecule has 0 aliphatic carbocycles. The van der Waals surface area contributed by atoms with E-state index in [1.807, 2.05) is 14.1 Å². The van der Waals surface area contributed by atoms with Gasteiger partial charge in [0.15, 0.2) is 0 Å². The van der Waals surface area contributed by atoms with E-state index in [9.17, 15) is 0 Å². The molecular weight excluding hydrogens is 162 g/mol. The van der Waals surface area contributed by atoms with Crippen LogP contribution in [0, 0.1) is 5.41 Å². The number of hydrogen-bond donors (Lipinski definition) is 1. The molecule has 1 atom stereocenters. The number of rotatable bonds is 3. The van der Waals surface area contributed by atoms with Crippen LogP contribution in [0.2, 0.25) is 0 Å². The van der Waals surface area contributed by atoms with E-state index in [1.54, 1.807) is 0 Å². The average molecular weight is 185 g/mol. The van der Waals surface area contributed by atoms with Crippen molar-refractivity contribution in [3.63, 3.8) is 0 Å². The van der Waals surface area contributed by atoms with Crippen molar-refractivity contribution in [3.05, 3.63) is 0 Å². The van der Waals surface area contributed by atoms with Gasteiger partial charge in [0.25, 0.3) is 0 Å². The third-order valence-electron chi connectivity index (χ3n) is 2.18. The second-order valence-corrected chi connectivity index (χ2v) is 4.79. The van der Waals surface area contributed by atoms with Crippen LogP contribution in [-0.4, -0.2) is 37.4 Å². The van der Waals surface area contributed by atoms with E-state index in [2.05, 4.69) is 37.6 Å². The Balaban J connectivity index is 4.12. The van der Waals surface area contributed by atoms with Crippen LogP contribution in [-0.2, 0) is 0 Å². The summed E-state index contributed by atoms with van der Waals surface area (Å²) >= 11 is 0. The minimum absolute atomic E-state index is 0.00790. The van der Waals surface area contributed by atoms with Crippen molar-refractivity contribution in [3.8, 4) is 0 Å². The summed E-state index contributed by atoms with van der Waals surface area (Å²) in [7, 11) is 4.10. The molecule has 78 valence electrons. The zero-order valence-electron chi connectivity index (χ0n) is 9.76. The number of likely N-dealkylation sites (N-methyl/N-ethyl adjacent to an activating group) is 1. The molecule has 0 saturated carbocycles. The molecule has 0 amide bonds. The lowest BCUT2D eigenvalue weighted by atomic mass is 9.95. The molecule has 0 fully saturated rings. The molecule has 13 heavy (non-hydrogen) atoms. The van der Waals surface area contributed by atoms with E-state index >= 15 is 0 Å². The Morgan fingerprint density at radius 1 is 1.38 bits per heavy atom. The van der Waals surface area contributed by atoms with Crippen LogP contribution in [0.15, 0.2) is 4.99 Å². The highest BCUT2D eigenvalue weighted by atomic mass is 15.1. The highest BCUT2D eigenvalue weighted by Gasteiger charge is 2.15. The van der Waals surface area contributed by atoms with E-state index in [0.717, 1.165) is 12.4 Å². The fourth-order valence-electron chi connectivity index (χ4n) is 0.631. The van der Waals surface area contributed by atoms with Crippen molar-refractivity contribution >= 4 is 5.84 Å². The number of nitrogens with zero attached hydrogens (tertiary/aromatic N) is 2. The van der Waals surface area contributed by atoms with Gasteiger partial charge in [-0.25, -0.2) is 0 Å². The fraction of sp³-hybridized carbons (Fsp3) is 0.900. The number of hydrogen-bond acceptors (Lipinski definition) is 2. The monoisotopic (exact) mass is 185 g/mol. The van der Waals surface area contributed by atoms with Crippen molar-refractivity contribution in [2.75, 3.05) is 20.6 Å². The maximum Gasteiger partial charge on any atom is 0.0992 e.